The molecule has 0 radical (unpaired) electrons. The molecule has 0 bridgehead atoms. The number of esters is 1. The van der Waals surface area contributed by atoms with E-state index in [2.05, 4.69) is 4.98 Å². The minimum atomic E-state index is -0.710. The van der Waals surface area contributed by atoms with Crippen LogP contribution in [-0.2, 0) is 16.0 Å². The molecule has 6 heteroatoms. The van der Waals surface area contributed by atoms with Crippen molar-refractivity contribution < 1.29 is 9.53 Å². The maximum Gasteiger partial charge on any atom is 0.313 e. The second-order valence-electron chi connectivity index (χ2n) is 4.26. The maximum absolute atomic E-state index is 11.7. The molecule has 2 aromatic rings. The van der Waals surface area contributed by atoms with Gasteiger partial charge in [0.25, 0.3) is 0 Å². The predicted molar refractivity (Wildman–Crippen MR) is 66.0 cm³/mol. The molecule has 5 nitrogen and oxygen atoms in total. The van der Waals surface area contributed by atoms with Crippen LogP contribution in [-0.4, -0.2) is 29.0 Å². The third-order valence-electron chi connectivity index (χ3n) is 2.84. The van der Waals surface area contributed by atoms with E-state index in [4.69, 9.17) is 10.5 Å². The first kappa shape index (κ1) is 12.1. The second kappa shape index (κ2) is 4.46. The molecule has 0 aliphatic carbocycles. The Morgan fingerprint density at radius 3 is 3.06 bits per heavy atom. The van der Waals surface area contributed by atoms with Crippen LogP contribution in [0.1, 0.15) is 12.6 Å². The summed E-state index contributed by atoms with van der Waals surface area (Å²) in [5, 5.41) is 1.97. The molecule has 1 atom stereocenters. The lowest BCUT2D eigenvalue weighted by Gasteiger charge is -2.23. The van der Waals surface area contributed by atoms with Crippen molar-refractivity contribution in [1.29, 1.82) is 0 Å². The second-order valence-corrected chi connectivity index (χ2v) is 5.13. The molecule has 92 valence electrons. The number of thiazole rings is 1. The van der Waals surface area contributed by atoms with Gasteiger partial charge in [0, 0.05) is 30.7 Å². The van der Waals surface area contributed by atoms with Gasteiger partial charge in [-0.05, 0) is 6.92 Å². The molecule has 0 amide bonds. The molecule has 0 aliphatic rings. The average Bonchev–Trinajstić information content (AvgIpc) is 2.88. The number of methoxy groups -OCH3 is 1. The SMILES string of the molecule is COC(=O)C(C)(CN)Cc1cn2ccsc2n1. The standard InChI is InChI=1S/C11H15N3O2S/c1-11(7-12,9(15)16-2)5-8-6-14-3-4-17-10(14)13-8/h3-4,6H,5,7,12H2,1-2H3. The van der Waals surface area contributed by atoms with Crippen LogP contribution >= 0.6 is 11.3 Å². The van der Waals surface area contributed by atoms with Crippen molar-refractivity contribution in [2.45, 2.75) is 13.3 Å². The third kappa shape index (κ3) is 2.18. The summed E-state index contributed by atoms with van der Waals surface area (Å²) in [5.74, 6) is -0.295. The fourth-order valence-corrected chi connectivity index (χ4v) is 2.45. The number of nitrogens with zero attached hydrogens (tertiary/aromatic N) is 2. The molecule has 2 heterocycles. The first-order valence-electron chi connectivity index (χ1n) is 5.28. The van der Waals surface area contributed by atoms with Crippen LogP contribution in [0.4, 0.5) is 0 Å². The highest BCUT2D eigenvalue weighted by Crippen LogP contribution is 2.23. The fourth-order valence-electron chi connectivity index (χ4n) is 1.74. The molecule has 17 heavy (non-hydrogen) atoms. The lowest BCUT2D eigenvalue weighted by atomic mass is 9.86. The van der Waals surface area contributed by atoms with Crippen LogP contribution in [0.25, 0.3) is 4.96 Å². The Kier molecular flexibility index (Phi) is 3.17. The van der Waals surface area contributed by atoms with Gasteiger partial charge in [-0.1, -0.05) is 0 Å². The Bertz CT molecular complexity index is 505. The van der Waals surface area contributed by atoms with Gasteiger partial charge in [0.15, 0.2) is 4.96 Å². The number of carbonyl (C=O) groups is 1. The van der Waals surface area contributed by atoms with Crippen LogP contribution < -0.4 is 5.73 Å². The zero-order valence-electron chi connectivity index (χ0n) is 9.84. The van der Waals surface area contributed by atoms with E-state index in [1.165, 1.54) is 7.11 Å². The topological polar surface area (TPSA) is 69.6 Å². The first-order chi connectivity index (χ1) is 8.09. The molecule has 1 unspecified atom stereocenters. The molecule has 2 rings (SSSR count). The van der Waals surface area contributed by atoms with E-state index in [9.17, 15) is 4.79 Å². The molecule has 0 fully saturated rings. The van der Waals surface area contributed by atoms with Crippen molar-refractivity contribution >= 4 is 22.3 Å². The number of nitrogens with two attached hydrogens (primary N) is 1. The largest absolute Gasteiger partial charge is 0.469 e. The predicted octanol–water partition coefficient (Wildman–Crippen LogP) is 1.08. The molecule has 2 aromatic heterocycles. The number of hydrogen-bond donors (Lipinski definition) is 1. The van der Waals surface area contributed by atoms with Gasteiger partial charge in [-0.25, -0.2) is 4.98 Å². The van der Waals surface area contributed by atoms with E-state index < -0.39 is 5.41 Å². The monoisotopic (exact) mass is 253 g/mol. The van der Waals surface area contributed by atoms with E-state index >= 15 is 0 Å². The van der Waals surface area contributed by atoms with Gasteiger partial charge in [0.1, 0.15) is 0 Å². The lowest BCUT2D eigenvalue weighted by Crippen LogP contribution is -2.38. The summed E-state index contributed by atoms with van der Waals surface area (Å²) in [6.45, 7) is 2.04. The number of hydrogen-bond acceptors (Lipinski definition) is 5. The van der Waals surface area contributed by atoms with Crippen LogP contribution in [0, 0.1) is 5.41 Å². The van der Waals surface area contributed by atoms with E-state index in [0.717, 1.165) is 10.7 Å². The van der Waals surface area contributed by atoms with Crippen LogP contribution in [0.15, 0.2) is 17.8 Å². The van der Waals surface area contributed by atoms with Crippen LogP contribution in [0.2, 0.25) is 0 Å². The van der Waals surface area contributed by atoms with Gasteiger partial charge >= 0.3 is 5.97 Å². The Hall–Kier alpha value is -1.40. The Morgan fingerprint density at radius 2 is 2.47 bits per heavy atom. The minimum absolute atomic E-state index is 0.241. The number of imidazole rings is 1. The third-order valence-corrected chi connectivity index (χ3v) is 3.61. The zero-order valence-corrected chi connectivity index (χ0v) is 10.7. The van der Waals surface area contributed by atoms with Crippen molar-refractivity contribution in [3.63, 3.8) is 0 Å². The van der Waals surface area contributed by atoms with Crippen molar-refractivity contribution in [1.82, 2.24) is 9.38 Å². The van der Waals surface area contributed by atoms with Crippen molar-refractivity contribution in [3.8, 4) is 0 Å². The fraction of sp³-hybridized carbons (Fsp3) is 0.455. The molecule has 0 saturated carbocycles. The molecule has 0 aromatic carbocycles. The lowest BCUT2D eigenvalue weighted by molar-refractivity contribution is -0.151. The van der Waals surface area contributed by atoms with E-state index in [-0.39, 0.29) is 12.5 Å². The van der Waals surface area contributed by atoms with Gasteiger partial charge in [0.05, 0.1) is 18.2 Å². The molecule has 0 saturated heterocycles. The summed E-state index contributed by atoms with van der Waals surface area (Å²) >= 11 is 1.56. The molecular weight excluding hydrogens is 238 g/mol. The van der Waals surface area contributed by atoms with E-state index in [1.807, 2.05) is 22.2 Å². The highest BCUT2D eigenvalue weighted by atomic mass is 32.1. The number of rotatable bonds is 4. The number of ether oxygens (including phenoxy) is 1. The van der Waals surface area contributed by atoms with Gasteiger partial charge in [-0.15, -0.1) is 11.3 Å². The van der Waals surface area contributed by atoms with Crippen molar-refractivity contribution in [2.24, 2.45) is 11.1 Å². The molecule has 0 aliphatic heterocycles. The highest BCUT2D eigenvalue weighted by molar-refractivity contribution is 7.15. The smallest absolute Gasteiger partial charge is 0.313 e. The molecule has 0 spiro atoms. The van der Waals surface area contributed by atoms with Crippen LogP contribution in [0.5, 0.6) is 0 Å². The van der Waals surface area contributed by atoms with Crippen LogP contribution in [0.3, 0.4) is 0 Å². The molecular formula is C11H15N3O2S. The van der Waals surface area contributed by atoms with Gasteiger partial charge in [0.2, 0.25) is 0 Å². The van der Waals surface area contributed by atoms with Gasteiger partial charge < -0.3 is 10.5 Å². The highest BCUT2D eigenvalue weighted by Gasteiger charge is 2.34. The normalized spacial score (nSPS) is 14.8. The molecule has 2 N–H and O–H groups in total. The number of carbonyl (C=O) groups excluding carboxylic acids is 1. The number of aromatic nitrogens is 2. The summed E-state index contributed by atoms with van der Waals surface area (Å²) in [6.07, 6.45) is 4.35. The quantitative estimate of drug-likeness (QED) is 0.828. The maximum atomic E-state index is 11.7. The average molecular weight is 253 g/mol. The van der Waals surface area contributed by atoms with Crippen molar-refractivity contribution in [3.05, 3.63) is 23.5 Å². The zero-order chi connectivity index (χ0) is 12.5. The van der Waals surface area contributed by atoms with E-state index in [0.29, 0.717) is 6.42 Å². The first-order valence-corrected chi connectivity index (χ1v) is 6.16. The van der Waals surface area contributed by atoms with E-state index in [1.54, 1.807) is 18.3 Å². The van der Waals surface area contributed by atoms with Gasteiger partial charge in [-0.3, -0.25) is 9.20 Å². The van der Waals surface area contributed by atoms with Gasteiger partial charge in [-0.2, -0.15) is 0 Å². The Balaban J connectivity index is 2.24. The van der Waals surface area contributed by atoms with Crippen molar-refractivity contribution in [2.75, 3.05) is 13.7 Å². The summed E-state index contributed by atoms with van der Waals surface area (Å²) in [5.41, 5.74) is 5.82. The summed E-state index contributed by atoms with van der Waals surface area (Å²) in [4.78, 5) is 17.0. The summed E-state index contributed by atoms with van der Waals surface area (Å²) < 4.78 is 6.72. The number of fused-ring (bicyclic) bond motifs is 1. The summed E-state index contributed by atoms with van der Waals surface area (Å²) in [6, 6.07) is 0. The Morgan fingerprint density at radius 1 is 1.71 bits per heavy atom. The Labute approximate surface area is 103 Å². The minimum Gasteiger partial charge on any atom is -0.469 e. The summed E-state index contributed by atoms with van der Waals surface area (Å²) in [7, 11) is 1.38.